The number of alkyl carbamates (subject to hydrolysis) is 1. The summed E-state index contributed by atoms with van der Waals surface area (Å²) >= 11 is 3.42. The van der Waals surface area contributed by atoms with Gasteiger partial charge in [-0.15, -0.1) is 0 Å². The van der Waals surface area contributed by atoms with Crippen LogP contribution in [0.25, 0.3) is 0 Å². The van der Waals surface area contributed by atoms with Crippen LogP contribution in [0.3, 0.4) is 0 Å². The Labute approximate surface area is 339 Å². The lowest BCUT2D eigenvalue weighted by Crippen LogP contribution is -2.59. The summed E-state index contributed by atoms with van der Waals surface area (Å²) in [5.74, 6) is -6.98. The topological polar surface area (TPSA) is 218 Å². The predicted molar refractivity (Wildman–Crippen MR) is 208 cm³/mol. The number of hydrogen-bond acceptors (Lipinski definition) is 10. The summed E-state index contributed by atoms with van der Waals surface area (Å²) in [5.41, 5.74) is 0.00718. The molecule has 1 aliphatic carbocycles. The first-order valence-electron chi connectivity index (χ1n) is 18.9. The first-order valence-corrected chi connectivity index (χ1v) is 19.7. The number of ketones is 1. The SMILES string of the molecule is CCCC(NC(=O)C1CN(Cc2cccc(Br)c2)C(=O)N1C(=O)C(NC(=O)OC(C)(C)C)C1CCCCC1)C(=O)C(=O)NCC(=O)O[C@H](C(=O)O)c1ccccc1. The second-order valence-electron chi connectivity index (χ2n) is 15.1. The fourth-order valence-corrected chi connectivity index (χ4v) is 7.25. The van der Waals surface area contributed by atoms with Crippen molar-refractivity contribution >= 4 is 63.5 Å². The maximum atomic E-state index is 14.5. The zero-order valence-corrected chi connectivity index (χ0v) is 34.0. The Hall–Kier alpha value is -5.32. The Morgan fingerprint density at radius 2 is 1.63 bits per heavy atom. The van der Waals surface area contributed by atoms with Gasteiger partial charge in [-0.3, -0.25) is 24.0 Å². The van der Waals surface area contributed by atoms with Gasteiger partial charge in [-0.05, 0) is 63.6 Å². The Morgan fingerprint density at radius 3 is 2.25 bits per heavy atom. The summed E-state index contributed by atoms with van der Waals surface area (Å²) in [6.45, 7) is 5.67. The zero-order valence-electron chi connectivity index (χ0n) is 32.5. The van der Waals surface area contributed by atoms with E-state index in [9.17, 15) is 43.5 Å². The van der Waals surface area contributed by atoms with Gasteiger partial charge in [0.15, 0.2) is 0 Å². The number of esters is 1. The van der Waals surface area contributed by atoms with E-state index in [0.29, 0.717) is 24.8 Å². The number of Topliss-reactive ketones (excluding diaryl/α,β-unsaturated/α-hetero) is 1. The summed E-state index contributed by atoms with van der Waals surface area (Å²) in [5, 5.41) is 16.9. The Morgan fingerprint density at radius 1 is 0.947 bits per heavy atom. The number of halogens is 1. The summed E-state index contributed by atoms with van der Waals surface area (Å²) in [6, 6.07) is 9.96. The van der Waals surface area contributed by atoms with Crippen LogP contribution in [0.4, 0.5) is 9.59 Å². The predicted octanol–water partition coefficient (Wildman–Crippen LogP) is 4.39. The fourth-order valence-electron chi connectivity index (χ4n) is 6.81. The highest BCUT2D eigenvalue weighted by molar-refractivity contribution is 9.10. The van der Waals surface area contributed by atoms with Gasteiger partial charge in [-0.25, -0.2) is 19.3 Å². The molecular weight excluding hydrogens is 806 g/mol. The van der Waals surface area contributed by atoms with Crippen molar-refractivity contribution in [2.45, 2.75) is 109 Å². The molecule has 4 rings (SSSR count). The molecule has 4 N–H and O–H groups in total. The molecule has 1 heterocycles. The molecule has 2 aromatic carbocycles. The van der Waals surface area contributed by atoms with Crippen LogP contribution in [0.5, 0.6) is 0 Å². The molecule has 0 radical (unpaired) electrons. The molecule has 1 saturated carbocycles. The minimum Gasteiger partial charge on any atom is -0.478 e. The van der Waals surface area contributed by atoms with Crippen LogP contribution in [-0.2, 0) is 44.8 Å². The molecule has 4 atom stereocenters. The number of hydrogen-bond donors (Lipinski definition) is 4. The van der Waals surface area contributed by atoms with Crippen LogP contribution < -0.4 is 16.0 Å². The number of urea groups is 1. The third-order valence-corrected chi connectivity index (χ3v) is 9.94. The van der Waals surface area contributed by atoms with Crippen LogP contribution in [0, 0.1) is 5.92 Å². The third-order valence-electron chi connectivity index (χ3n) is 9.45. The standard InChI is InChI=1S/C40H50BrN5O11/c1-5-13-28(32(48)35(50)42-21-30(47)56-33(37(52)53)26-17-10-7-11-18-26)43-34(49)29-23-45(22-24-14-12-19-27(41)20-24)39(55)46(29)36(51)31(25-15-8-6-9-16-25)44-38(54)57-40(2,3)4/h7,10-12,14,17-20,25,28-29,31,33H,5-6,8-9,13,15-16,21-23H2,1-4H3,(H,42,50)(H,43,49)(H,44,54)(H,52,53)/t28?,29?,31?,33-/m0/s1. The van der Waals surface area contributed by atoms with E-state index in [1.165, 1.54) is 17.0 Å². The van der Waals surface area contributed by atoms with E-state index < -0.39 is 83.9 Å². The average Bonchev–Trinajstić information content (AvgIpc) is 3.49. The highest BCUT2D eigenvalue weighted by atomic mass is 79.9. The summed E-state index contributed by atoms with van der Waals surface area (Å²) < 4.78 is 11.3. The number of nitrogens with zero attached hydrogens (tertiary/aromatic N) is 2. The fraction of sp³-hybridized carbons (Fsp3) is 0.500. The van der Waals surface area contributed by atoms with Crippen LogP contribution in [-0.4, -0.2) is 99.3 Å². The van der Waals surface area contributed by atoms with Crippen molar-refractivity contribution in [3.8, 4) is 0 Å². The van der Waals surface area contributed by atoms with Crippen molar-refractivity contribution in [2.24, 2.45) is 5.92 Å². The molecule has 0 aromatic heterocycles. The number of aliphatic carboxylic acids is 1. The van der Waals surface area contributed by atoms with Crippen LogP contribution in [0.2, 0.25) is 0 Å². The van der Waals surface area contributed by atoms with Gasteiger partial charge in [0.25, 0.3) is 11.8 Å². The molecule has 2 fully saturated rings. The van der Waals surface area contributed by atoms with E-state index in [0.717, 1.165) is 28.6 Å². The van der Waals surface area contributed by atoms with Gasteiger partial charge in [0.2, 0.25) is 17.8 Å². The first-order chi connectivity index (χ1) is 27.0. The Kier molecular flexibility index (Phi) is 15.7. The lowest BCUT2D eigenvalue weighted by molar-refractivity contribution is -0.164. The second-order valence-corrected chi connectivity index (χ2v) is 16.0. The maximum absolute atomic E-state index is 14.5. The molecule has 308 valence electrons. The molecule has 0 spiro atoms. The minimum absolute atomic E-state index is 0.0151. The van der Waals surface area contributed by atoms with Crippen molar-refractivity contribution in [3.05, 3.63) is 70.2 Å². The highest BCUT2D eigenvalue weighted by Crippen LogP contribution is 2.30. The van der Waals surface area contributed by atoms with E-state index >= 15 is 0 Å². The van der Waals surface area contributed by atoms with Gasteiger partial charge >= 0.3 is 24.1 Å². The van der Waals surface area contributed by atoms with Crippen molar-refractivity contribution in [3.63, 3.8) is 0 Å². The van der Waals surface area contributed by atoms with Gasteiger partial charge in [0.05, 0.1) is 12.6 Å². The quantitative estimate of drug-likeness (QED) is 0.137. The monoisotopic (exact) mass is 855 g/mol. The van der Waals surface area contributed by atoms with Crippen LogP contribution >= 0.6 is 15.9 Å². The molecule has 57 heavy (non-hydrogen) atoms. The van der Waals surface area contributed by atoms with E-state index in [1.54, 1.807) is 70.2 Å². The molecule has 2 aliphatic rings. The van der Waals surface area contributed by atoms with Gasteiger partial charge < -0.3 is 35.4 Å². The van der Waals surface area contributed by atoms with Crippen molar-refractivity contribution in [2.75, 3.05) is 13.1 Å². The summed E-state index contributed by atoms with van der Waals surface area (Å²) in [6.07, 6.45) is 1.52. The number of ether oxygens (including phenoxy) is 2. The van der Waals surface area contributed by atoms with Crippen molar-refractivity contribution in [1.82, 2.24) is 25.8 Å². The second kappa shape index (κ2) is 20.2. The normalized spacial score (nSPS) is 17.5. The third kappa shape index (κ3) is 12.6. The molecular formula is C40H50BrN5O11. The first kappa shape index (κ1) is 44.4. The minimum atomic E-state index is -1.65. The van der Waals surface area contributed by atoms with E-state index in [1.807, 2.05) is 0 Å². The van der Waals surface area contributed by atoms with Crippen molar-refractivity contribution < 1.29 is 52.9 Å². The Balaban J connectivity index is 1.55. The number of imide groups is 1. The van der Waals surface area contributed by atoms with E-state index in [4.69, 9.17) is 9.47 Å². The lowest BCUT2D eigenvalue weighted by Gasteiger charge is -2.34. The number of benzene rings is 2. The average molecular weight is 857 g/mol. The number of carboxylic acid groups (broad SMARTS) is 1. The molecule has 1 saturated heterocycles. The highest BCUT2D eigenvalue weighted by Gasteiger charge is 2.49. The largest absolute Gasteiger partial charge is 0.478 e. The molecule has 3 unspecified atom stereocenters. The van der Waals surface area contributed by atoms with Gasteiger partial charge in [-0.2, -0.15) is 0 Å². The number of rotatable bonds is 16. The van der Waals surface area contributed by atoms with Gasteiger partial charge in [0, 0.05) is 16.6 Å². The smallest absolute Gasteiger partial charge is 0.408 e. The number of carbonyl (C=O) groups is 8. The van der Waals surface area contributed by atoms with Gasteiger partial charge in [-0.1, -0.05) is 91.0 Å². The number of amides is 6. The number of carbonyl (C=O) groups excluding carboxylic acids is 7. The molecule has 6 amide bonds. The molecule has 16 nitrogen and oxygen atoms in total. The zero-order chi connectivity index (χ0) is 41.9. The molecule has 2 aromatic rings. The lowest BCUT2D eigenvalue weighted by atomic mass is 9.83. The maximum Gasteiger partial charge on any atom is 0.408 e. The molecule has 1 aliphatic heterocycles. The summed E-state index contributed by atoms with van der Waals surface area (Å²) in [7, 11) is 0. The molecule has 17 heteroatoms. The van der Waals surface area contributed by atoms with E-state index in [2.05, 4.69) is 31.9 Å². The van der Waals surface area contributed by atoms with E-state index in [-0.39, 0.29) is 31.0 Å². The number of nitrogens with one attached hydrogen (secondary N) is 3. The summed E-state index contributed by atoms with van der Waals surface area (Å²) in [4.78, 5) is 109. The van der Waals surface area contributed by atoms with Crippen molar-refractivity contribution in [1.29, 1.82) is 0 Å². The van der Waals surface area contributed by atoms with Crippen LogP contribution in [0.1, 0.15) is 89.9 Å². The number of carboxylic acids is 1. The molecule has 0 bridgehead atoms. The Bertz CT molecular complexity index is 1810. The van der Waals surface area contributed by atoms with Crippen LogP contribution in [0.15, 0.2) is 59.1 Å². The van der Waals surface area contributed by atoms with Gasteiger partial charge in [0.1, 0.15) is 24.2 Å².